The van der Waals surface area contributed by atoms with Gasteiger partial charge >= 0.3 is 5.97 Å². The fourth-order valence-corrected chi connectivity index (χ4v) is 4.27. The molecule has 8 heteroatoms. The van der Waals surface area contributed by atoms with Gasteiger partial charge in [0.25, 0.3) is 5.56 Å². The normalized spacial score (nSPS) is 15.4. The molecule has 7 nitrogen and oxygen atoms in total. The number of hydrogen-bond acceptors (Lipinski definition) is 5. The number of methoxy groups -OCH3 is 1. The van der Waals surface area contributed by atoms with E-state index in [1.54, 1.807) is 18.2 Å². The first-order valence-corrected chi connectivity index (χ1v) is 11.3. The van der Waals surface area contributed by atoms with Crippen molar-refractivity contribution < 1.29 is 14.3 Å². The molecule has 1 aromatic heterocycles. The molecular weight excluding hydrogens is 438 g/mol. The number of rotatable bonds is 6. The molecule has 2 aromatic carbocycles. The van der Waals surface area contributed by atoms with E-state index in [1.165, 1.54) is 7.11 Å². The van der Waals surface area contributed by atoms with Crippen LogP contribution in [-0.4, -0.2) is 47.3 Å². The molecule has 4 rings (SSSR count). The van der Waals surface area contributed by atoms with Crippen LogP contribution in [0.4, 0.5) is 5.69 Å². The van der Waals surface area contributed by atoms with Crippen molar-refractivity contribution >= 4 is 39.9 Å². The highest BCUT2D eigenvalue weighted by atomic mass is 32.1. The quantitative estimate of drug-likeness (QED) is 0.420. The minimum Gasteiger partial charge on any atom is -0.465 e. The van der Waals surface area contributed by atoms with Gasteiger partial charge in [0.2, 0.25) is 0 Å². The lowest BCUT2D eigenvalue weighted by molar-refractivity contribution is 0.0602. The number of ether oxygens (including phenoxy) is 2. The second-order valence-electron chi connectivity index (χ2n) is 8.20. The van der Waals surface area contributed by atoms with Gasteiger partial charge < -0.3 is 24.7 Å². The van der Waals surface area contributed by atoms with Gasteiger partial charge in [-0.1, -0.05) is 23.8 Å². The molecule has 33 heavy (non-hydrogen) atoms. The van der Waals surface area contributed by atoms with Gasteiger partial charge in [0.05, 0.1) is 31.0 Å². The number of fused-ring (bicyclic) bond motifs is 1. The third-order valence-corrected chi connectivity index (χ3v) is 6.11. The van der Waals surface area contributed by atoms with E-state index in [0.29, 0.717) is 35.0 Å². The van der Waals surface area contributed by atoms with Crippen LogP contribution in [0.5, 0.6) is 0 Å². The summed E-state index contributed by atoms with van der Waals surface area (Å²) in [5.41, 5.74) is 3.31. The number of pyridine rings is 1. The number of carbonyl (C=O) groups excluding carboxylic acids is 1. The number of aromatic amines is 1. The predicted octanol–water partition coefficient (Wildman–Crippen LogP) is 4.00. The molecule has 1 fully saturated rings. The zero-order valence-electron chi connectivity index (χ0n) is 18.7. The monoisotopic (exact) mass is 465 g/mol. The Kier molecular flexibility index (Phi) is 7.05. The maximum atomic E-state index is 12.8. The van der Waals surface area contributed by atoms with E-state index >= 15 is 0 Å². The summed E-state index contributed by atoms with van der Waals surface area (Å²) >= 11 is 5.73. The number of nitrogens with zero attached hydrogens (tertiary/aromatic N) is 1. The van der Waals surface area contributed by atoms with Crippen LogP contribution in [0.2, 0.25) is 0 Å². The van der Waals surface area contributed by atoms with Crippen LogP contribution in [0.25, 0.3) is 10.9 Å². The Balaban J connectivity index is 1.62. The van der Waals surface area contributed by atoms with Gasteiger partial charge in [-0.15, -0.1) is 0 Å². The van der Waals surface area contributed by atoms with Gasteiger partial charge in [-0.2, -0.15) is 0 Å². The van der Waals surface area contributed by atoms with Crippen LogP contribution < -0.4 is 10.9 Å². The van der Waals surface area contributed by atoms with Crippen molar-refractivity contribution in [1.82, 2.24) is 9.88 Å². The lowest BCUT2D eigenvalue weighted by Crippen LogP contribution is -2.40. The van der Waals surface area contributed by atoms with Crippen LogP contribution >= 0.6 is 12.2 Å². The molecule has 0 saturated carbocycles. The molecule has 1 atom stereocenters. The first-order chi connectivity index (χ1) is 15.9. The Morgan fingerprint density at radius 1 is 1.27 bits per heavy atom. The van der Waals surface area contributed by atoms with Crippen molar-refractivity contribution in [3.05, 3.63) is 75.6 Å². The number of thiocarbonyl (C=S) groups is 1. The third kappa shape index (κ3) is 5.40. The molecule has 0 amide bonds. The summed E-state index contributed by atoms with van der Waals surface area (Å²) in [5, 5.41) is 4.55. The standard InChI is InChI=1S/C25H27N3O4S/c1-16-9-10-21-17(12-16)13-18(23(29)26-21)14-28(15-19-6-5-11-32-19)25(33)27-22-8-4-3-7-20(22)24(30)31-2/h3-4,7-10,12-13,19H,5-6,11,14-15H2,1-2H3,(H,26,29)(H,27,33). The Hall–Kier alpha value is -3.23. The van der Waals surface area contributed by atoms with Crippen molar-refractivity contribution in [2.24, 2.45) is 0 Å². The number of hydrogen-bond donors (Lipinski definition) is 2. The minimum absolute atomic E-state index is 0.0300. The van der Waals surface area contributed by atoms with Crippen LogP contribution in [0.3, 0.4) is 0 Å². The molecule has 1 unspecified atom stereocenters. The van der Waals surface area contributed by atoms with Crippen molar-refractivity contribution in [2.45, 2.75) is 32.4 Å². The number of aryl methyl sites for hydroxylation is 1. The van der Waals surface area contributed by atoms with Gasteiger partial charge in [0, 0.05) is 24.2 Å². The second kappa shape index (κ2) is 10.1. The third-order valence-electron chi connectivity index (χ3n) is 5.75. The van der Waals surface area contributed by atoms with Crippen molar-refractivity contribution in [3.63, 3.8) is 0 Å². The smallest absolute Gasteiger partial charge is 0.339 e. The largest absolute Gasteiger partial charge is 0.465 e. The van der Waals surface area contributed by atoms with E-state index in [9.17, 15) is 9.59 Å². The molecule has 3 aromatic rings. The summed E-state index contributed by atoms with van der Waals surface area (Å²) in [6, 6.07) is 14.9. The molecule has 1 aliphatic rings. The molecule has 172 valence electrons. The summed E-state index contributed by atoms with van der Waals surface area (Å²) in [4.78, 5) is 29.9. The van der Waals surface area contributed by atoms with Crippen LogP contribution in [0, 0.1) is 6.92 Å². The molecule has 1 aliphatic heterocycles. The highest BCUT2D eigenvalue weighted by Crippen LogP contribution is 2.20. The fourth-order valence-electron chi connectivity index (χ4n) is 4.02. The Labute approximate surface area is 197 Å². The van der Waals surface area contributed by atoms with E-state index in [2.05, 4.69) is 10.3 Å². The van der Waals surface area contributed by atoms with Crippen molar-refractivity contribution in [3.8, 4) is 0 Å². The Bertz CT molecular complexity index is 1230. The number of esters is 1. The zero-order valence-corrected chi connectivity index (χ0v) is 19.5. The number of carbonyl (C=O) groups is 1. The first-order valence-electron chi connectivity index (χ1n) is 10.9. The van der Waals surface area contributed by atoms with Crippen molar-refractivity contribution in [1.29, 1.82) is 0 Å². The lowest BCUT2D eigenvalue weighted by atomic mass is 10.1. The number of H-pyrrole nitrogens is 1. The number of benzene rings is 2. The van der Waals surface area contributed by atoms with Gasteiger partial charge in [0.15, 0.2) is 5.11 Å². The molecule has 2 heterocycles. The maximum absolute atomic E-state index is 12.8. The molecular formula is C25H27N3O4S. The SMILES string of the molecule is COC(=O)c1ccccc1NC(=S)N(Cc1cc2cc(C)ccc2[nH]c1=O)CC1CCCO1. The number of nitrogens with one attached hydrogen (secondary N) is 2. The lowest BCUT2D eigenvalue weighted by Gasteiger charge is -2.28. The van der Waals surface area contributed by atoms with Gasteiger partial charge in [0.1, 0.15) is 0 Å². The fraction of sp³-hybridized carbons (Fsp3) is 0.320. The second-order valence-corrected chi connectivity index (χ2v) is 8.58. The number of aromatic nitrogens is 1. The highest BCUT2D eigenvalue weighted by molar-refractivity contribution is 7.80. The summed E-state index contributed by atoms with van der Waals surface area (Å²) in [6.45, 7) is 3.59. The van der Waals surface area contributed by atoms with Gasteiger partial charge in [-0.3, -0.25) is 4.79 Å². The first kappa shape index (κ1) is 22.9. The van der Waals surface area contributed by atoms with E-state index < -0.39 is 5.97 Å². The zero-order chi connectivity index (χ0) is 23.4. The average molecular weight is 466 g/mol. The van der Waals surface area contributed by atoms with E-state index in [0.717, 1.165) is 35.9 Å². The summed E-state index contributed by atoms with van der Waals surface area (Å²) in [7, 11) is 1.34. The molecule has 0 bridgehead atoms. The van der Waals surface area contributed by atoms with E-state index in [4.69, 9.17) is 21.7 Å². The Morgan fingerprint density at radius 2 is 2.09 bits per heavy atom. The average Bonchev–Trinajstić information content (AvgIpc) is 3.32. The summed E-state index contributed by atoms with van der Waals surface area (Å²) in [5.74, 6) is -0.451. The molecule has 0 aliphatic carbocycles. The summed E-state index contributed by atoms with van der Waals surface area (Å²) in [6.07, 6.45) is 1.97. The van der Waals surface area contributed by atoms with Crippen LogP contribution in [-0.2, 0) is 16.0 Å². The molecule has 2 N–H and O–H groups in total. The topological polar surface area (TPSA) is 83.7 Å². The molecule has 0 spiro atoms. The minimum atomic E-state index is -0.451. The van der Waals surface area contributed by atoms with Crippen LogP contribution in [0.1, 0.15) is 34.3 Å². The van der Waals surface area contributed by atoms with E-state index in [1.807, 2.05) is 42.2 Å². The van der Waals surface area contributed by atoms with E-state index in [-0.39, 0.29) is 11.7 Å². The Morgan fingerprint density at radius 3 is 2.85 bits per heavy atom. The number of para-hydroxylation sites is 1. The maximum Gasteiger partial charge on any atom is 0.339 e. The summed E-state index contributed by atoms with van der Waals surface area (Å²) < 4.78 is 10.7. The van der Waals surface area contributed by atoms with Crippen molar-refractivity contribution in [2.75, 3.05) is 25.6 Å². The predicted molar refractivity (Wildman–Crippen MR) is 133 cm³/mol. The molecule has 1 saturated heterocycles. The van der Waals surface area contributed by atoms with Crippen LogP contribution in [0.15, 0.2) is 53.3 Å². The molecule has 0 radical (unpaired) electrons. The van der Waals surface area contributed by atoms with Gasteiger partial charge in [-0.05, 0) is 67.7 Å². The highest BCUT2D eigenvalue weighted by Gasteiger charge is 2.23. The van der Waals surface area contributed by atoms with Gasteiger partial charge in [-0.25, -0.2) is 4.79 Å². The number of anilines is 1.